The van der Waals surface area contributed by atoms with Crippen LogP contribution in [0.1, 0.15) is 49.0 Å². The van der Waals surface area contributed by atoms with Gasteiger partial charge >= 0.3 is 0 Å². The van der Waals surface area contributed by atoms with E-state index in [0.717, 1.165) is 39.0 Å². The monoisotopic (exact) mass is 350 g/mol. The van der Waals surface area contributed by atoms with Gasteiger partial charge < -0.3 is 19.4 Å². The summed E-state index contributed by atoms with van der Waals surface area (Å²) in [6.07, 6.45) is 3.07. The molecule has 2 aliphatic heterocycles. The molecule has 3 heterocycles. The number of piperazine rings is 1. The number of rotatable bonds is 6. The van der Waals surface area contributed by atoms with Crippen molar-refractivity contribution in [2.45, 2.75) is 38.8 Å². The van der Waals surface area contributed by atoms with Gasteiger partial charge in [0, 0.05) is 45.4 Å². The molecule has 0 radical (unpaired) electrons. The Labute approximate surface area is 149 Å². The van der Waals surface area contributed by atoms with Crippen LogP contribution in [-0.4, -0.2) is 73.1 Å². The third kappa shape index (κ3) is 4.40. The van der Waals surface area contributed by atoms with Crippen molar-refractivity contribution in [2.24, 2.45) is 5.92 Å². The number of likely N-dealkylation sites (N-methyl/N-ethyl adjacent to an activating group) is 1. The zero-order valence-corrected chi connectivity index (χ0v) is 15.5. The highest BCUT2D eigenvalue weighted by atomic mass is 16.5. The number of hydrogen-bond acceptors (Lipinski definition) is 6. The van der Waals surface area contributed by atoms with Gasteiger partial charge in [-0.3, -0.25) is 9.69 Å². The van der Waals surface area contributed by atoms with Crippen molar-refractivity contribution in [2.75, 3.05) is 46.4 Å². The first-order valence-corrected chi connectivity index (χ1v) is 9.32. The zero-order chi connectivity index (χ0) is 17.8. The number of oxazole rings is 1. The summed E-state index contributed by atoms with van der Waals surface area (Å²) in [5.74, 6) is 0.869. The Balaban J connectivity index is 1.59. The van der Waals surface area contributed by atoms with Crippen molar-refractivity contribution >= 4 is 5.91 Å². The van der Waals surface area contributed by atoms with Crippen molar-refractivity contribution in [3.05, 3.63) is 17.8 Å². The van der Waals surface area contributed by atoms with Crippen LogP contribution in [-0.2, 0) is 4.74 Å². The number of ether oxygens (including phenoxy) is 1. The van der Waals surface area contributed by atoms with E-state index in [9.17, 15) is 4.79 Å². The van der Waals surface area contributed by atoms with E-state index in [1.165, 1.54) is 6.39 Å². The Morgan fingerprint density at radius 2 is 2.12 bits per heavy atom. The molecule has 0 spiro atoms. The van der Waals surface area contributed by atoms with E-state index in [-0.39, 0.29) is 12.0 Å². The fourth-order valence-electron chi connectivity index (χ4n) is 3.66. The van der Waals surface area contributed by atoms with Gasteiger partial charge in [-0.15, -0.1) is 0 Å². The number of nitrogens with one attached hydrogen (secondary N) is 1. The molecule has 2 atom stereocenters. The fraction of sp³-hybridized carbons (Fsp3) is 0.778. The Kier molecular flexibility index (Phi) is 6.09. The number of hydrogen-bond donors (Lipinski definition) is 1. The predicted octanol–water partition coefficient (Wildman–Crippen LogP) is 1.53. The molecule has 0 saturated carbocycles. The Hall–Kier alpha value is -1.44. The van der Waals surface area contributed by atoms with Crippen LogP contribution < -0.4 is 5.32 Å². The van der Waals surface area contributed by atoms with Gasteiger partial charge in [-0.25, -0.2) is 4.98 Å². The second-order valence-corrected chi connectivity index (χ2v) is 7.43. The Morgan fingerprint density at radius 1 is 1.36 bits per heavy atom. The summed E-state index contributed by atoms with van der Waals surface area (Å²) in [5.41, 5.74) is 0.368. The minimum atomic E-state index is -0.168. The molecule has 140 valence electrons. The van der Waals surface area contributed by atoms with E-state index in [2.05, 4.69) is 41.0 Å². The molecule has 7 heteroatoms. The van der Waals surface area contributed by atoms with Gasteiger partial charge in [-0.05, 0) is 25.8 Å². The first-order chi connectivity index (χ1) is 12.1. The van der Waals surface area contributed by atoms with Gasteiger partial charge in [0.1, 0.15) is 6.10 Å². The smallest absolute Gasteiger partial charge is 0.273 e. The van der Waals surface area contributed by atoms with Crippen LogP contribution in [0.15, 0.2) is 10.8 Å². The third-order valence-corrected chi connectivity index (χ3v) is 5.28. The molecule has 2 aliphatic rings. The van der Waals surface area contributed by atoms with E-state index in [4.69, 9.17) is 9.15 Å². The summed E-state index contributed by atoms with van der Waals surface area (Å²) in [6.45, 7) is 9.99. The van der Waals surface area contributed by atoms with E-state index in [1.54, 1.807) is 0 Å². The van der Waals surface area contributed by atoms with E-state index < -0.39 is 0 Å². The maximum absolute atomic E-state index is 12.6. The maximum atomic E-state index is 12.6. The second kappa shape index (κ2) is 8.29. The molecule has 1 aromatic rings. The first kappa shape index (κ1) is 18.4. The summed E-state index contributed by atoms with van der Waals surface area (Å²) < 4.78 is 11.1. The molecule has 25 heavy (non-hydrogen) atoms. The topological polar surface area (TPSA) is 70.8 Å². The van der Waals surface area contributed by atoms with Crippen LogP contribution in [0, 0.1) is 5.92 Å². The lowest BCUT2D eigenvalue weighted by Gasteiger charge is -2.39. The highest BCUT2D eigenvalue weighted by Gasteiger charge is 2.29. The van der Waals surface area contributed by atoms with Crippen LogP contribution in [0.4, 0.5) is 0 Å². The van der Waals surface area contributed by atoms with E-state index in [1.807, 2.05) is 0 Å². The molecule has 0 aromatic carbocycles. The lowest BCUT2D eigenvalue weighted by molar-refractivity contribution is 0.0768. The van der Waals surface area contributed by atoms with Gasteiger partial charge in [0.05, 0.1) is 0 Å². The van der Waals surface area contributed by atoms with Crippen molar-refractivity contribution in [3.63, 3.8) is 0 Å². The lowest BCUT2D eigenvalue weighted by atomic mass is 10.0. The molecular formula is C18H30N4O3. The molecule has 0 unspecified atom stereocenters. The van der Waals surface area contributed by atoms with E-state index >= 15 is 0 Å². The fourth-order valence-corrected chi connectivity index (χ4v) is 3.66. The summed E-state index contributed by atoms with van der Waals surface area (Å²) in [5, 5.41) is 3.07. The highest BCUT2D eigenvalue weighted by molar-refractivity contribution is 5.93. The molecule has 3 rings (SSSR count). The van der Waals surface area contributed by atoms with Crippen LogP contribution in [0.2, 0.25) is 0 Å². The van der Waals surface area contributed by atoms with Gasteiger partial charge in [0.25, 0.3) is 5.91 Å². The average molecular weight is 350 g/mol. The summed E-state index contributed by atoms with van der Waals surface area (Å²) >= 11 is 0. The largest absolute Gasteiger partial charge is 0.445 e. The van der Waals surface area contributed by atoms with Gasteiger partial charge in [-0.1, -0.05) is 13.8 Å². The van der Waals surface area contributed by atoms with Gasteiger partial charge in [0.2, 0.25) is 0 Å². The minimum Gasteiger partial charge on any atom is -0.445 e. The highest BCUT2D eigenvalue weighted by Crippen LogP contribution is 2.30. The zero-order valence-electron chi connectivity index (χ0n) is 15.5. The third-order valence-electron chi connectivity index (χ3n) is 5.28. The Bertz CT molecular complexity index is 560. The summed E-state index contributed by atoms with van der Waals surface area (Å²) in [6, 6.07) is 0.329. The number of carbonyl (C=O) groups excluding carboxylic acids is 1. The Morgan fingerprint density at radius 3 is 2.76 bits per heavy atom. The molecule has 1 amide bonds. The maximum Gasteiger partial charge on any atom is 0.273 e. The number of aromatic nitrogens is 1. The van der Waals surface area contributed by atoms with Crippen LogP contribution in [0.5, 0.6) is 0 Å². The lowest BCUT2D eigenvalue weighted by Crippen LogP contribution is -2.54. The average Bonchev–Trinajstić information content (AvgIpc) is 3.27. The molecule has 2 fully saturated rings. The van der Waals surface area contributed by atoms with Crippen molar-refractivity contribution < 1.29 is 13.9 Å². The van der Waals surface area contributed by atoms with Gasteiger partial charge in [-0.2, -0.15) is 0 Å². The summed E-state index contributed by atoms with van der Waals surface area (Å²) in [4.78, 5) is 21.6. The molecular weight excluding hydrogens is 320 g/mol. The van der Waals surface area contributed by atoms with E-state index in [0.29, 0.717) is 36.6 Å². The van der Waals surface area contributed by atoms with Gasteiger partial charge in [0.15, 0.2) is 17.8 Å². The minimum absolute atomic E-state index is 0.137. The van der Waals surface area contributed by atoms with Crippen LogP contribution in [0.3, 0.4) is 0 Å². The standard InChI is InChI=1S/C18H30N4O3/c1-13(2)14(22-8-6-21(3)7-9-22)11-19-18(23)16-17(25-12-20-16)15-5-4-10-24-15/h12-15H,4-11H2,1-3H3,(H,19,23)/t14-,15-/m0/s1. The molecule has 7 nitrogen and oxygen atoms in total. The molecule has 0 bridgehead atoms. The quantitative estimate of drug-likeness (QED) is 0.839. The first-order valence-electron chi connectivity index (χ1n) is 9.32. The van der Waals surface area contributed by atoms with Crippen LogP contribution >= 0.6 is 0 Å². The normalized spacial score (nSPS) is 23.9. The summed E-state index contributed by atoms with van der Waals surface area (Å²) in [7, 11) is 2.15. The second-order valence-electron chi connectivity index (χ2n) is 7.43. The number of carbonyl (C=O) groups is 1. The van der Waals surface area contributed by atoms with Crippen molar-refractivity contribution in [1.82, 2.24) is 20.1 Å². The molecule has 2 saturated heterocycles. The van der Waals surface area contributed by atoms with Crippen molar-refractivity contribution in [1.29, 1.82) is 0 Å². The predicted molar refractivity (Wildman–Crippen MR) is 94.5 cm³/mol. The SMILES string of the molecule is CC(C)[C@H](CNC(=O)c1ncoc1[C@@H]1CCCO1)N1CCN(C)CC1. The number of amides is 1. The molecule has 1 aromatic heterocycles. The molecule has 0 aliphatic carbocycles. The van der Waals surface area contributed by atoms with Crippen LogP contribution in [0.25, 0.3) is 0 Å². The molecule has 1 N–H and O–H groups in total. The van der Waals surface area contributed by atoms with Crippen molar-refractivity contribution in [3.8, 4) is 0 Å². The number of nitrogens with zero attached hydrogens (tertiary/aromatic N) is 3.